The number of halogens is 2. The summed E-state index contributed by atoms with van der Waals surface area (Å²) in [6.45, 7) is 6.04. The number of fused-ring (bicyclic) bond motifs is 1. The lowest BCUT2D eigenvalue weighted by atomic mass is 9.90. The number of hydrogen-bond donors (Lipinski definition) is 0. The minimum atomic E-state index is -0.590. The van der Waals surface area contributed by atoms with Crippen LogP contribution in [0.2, 0.25) is 0 Å². The van der Waals surface area contributed by atoms with Crippen LogP contribution in [0.3, 0.4) is 0 Å². The summed E-state index contributed by atoms with van der Waals surface area (Å²) in [5, 5.41) is 0. The fraction of sp³-hybridized carbons (Fsp3) is 0.0476. The molecule has 0 radical (unpaired) electrons. The second-order valence-electron chi connectivity index (χ2n) is 5.99. The maximum atomic E-state index is 14.2. The molecule has 0 aliphatic carbocycles. The molecule has 2 aromatic carbocycles. The van der Waals surface area contributed by atoms with Crippen LogP contribution in [-0.2, 0) is 0 Å². The SMILES string of the molecule is C=[N+]1C=C[c-]2[o+]ccc2[C-]1c1cc(-c2ccc(F)cc2F)ccc1C. The lowest BCUT2D eigenvalue weighted by Crippen LogP contribution is -2.18. The minimum Gasteiger partial charge on any atom is -0.372 e. The number of aryl methyl sites for hydroxylation is 1. The second kappa shape index (κ2) is 5.74. The molecular weight excluding hydrogens is 320 g/mol. The van der Waals surface area contributed by atoms with Crippen LogP contribution in [0.1, 0.15) is 22.5 Å². The van der Waals surface area contributed by atoms with Crippen molar-refractivity contribution < 1.29 is 17.8 Å². The van der Waals surface area contributed by atoms with E-state index in [0.717, 1.165) is 34.6 Å². The molecule has 0 amide bonds. The summed E-state index contributed by atoms with van der Waals surface area (Å²) in [6.07, 6.45) is 5.31. The maximum Gasteiger partial charge on any atom is 0.206 e. The van der Waals surface area contributed by atoms with E-state index in [4.69, 9.17) is 4.42 Å². The van der Waals surface area contributed by atoms with E-state index in [1.165, 1.54) is 12.1 Å². The van der Waals surface area contributed by atoms with Crippen LogP contribution in [0.4, 0.5) is 8.78 Å². The van der Waals surface area contributed by atoms with Gasteiger partial charge in [-0.1, -0.05) is 29.3 Å². The molecule has 0 bridgehead atoms. The molecule has 0 N–H and O–H groups in total. The monoisotopic (exact) mass is 335 g/mol. The van der Waals surface area contributed by atoms with Crippen molar-refractivity contribution in [2.45, 2.75) is 6.92 Å². The third kappa shape index (κ3) is 2.56. The molecule has 1 aliphatic rings. The van der Waals surface area contributed by atoms with Gasteiger partial charge in [-0.15, -0.1) is 6.07 Å². The maximum absolute atomic E-state index is 14.2. The minimum absolute atomic E-state index is 0.359. The Morgan fingerprint density at radius 1 is 1.08 bits per heavy atom. The average Bonchev–Trinajstić information content (AvgIpc) is 3.05. The van der Waals surface area contributed by atoms with Crippen molar-refractivity contribution in [3.05, 3.63) is 95.1 Å². The molecule has 1 aromatic heterocycles. The molecule has 4 heteroatoms. The summed E-state index contributed by atoms with van der Waals surface area (Å²) in [4.78, 5) is 0. The van der Waals surface area contributed by atoms with E-state index in [-0.39, 0.29) is 0 Å². The highest BCUT2D eigenvalue weighted by Gasteiger charge is 2.24. The van der Waals surface area contributed by atoms with Crippen molar-refractivity contribution in [1.29, 1.82) is 0 Å². The van der Waals surface area contributed by atoms with Gasteiger partial charge < -0.3 is 8.99 Å². The van der Waals surface area contributed by atoms with E-state index in [0.29, 0.717) is 11.1 Å². The van der Waals surface area contributed by atoms with Gasteiger partial charge in [-0.05, 0) is 36.3 Å². The number of furan rings is 1. The Balaban J connectivity index is 1.86. The first-order valence-electron chi connectivity index (χ1n) is 7.84. The van der Waals surface area contributed by atoms with Gasteiger partial charge in [0.2, 0.25) is 5.76 Å². The highest BCUT2D eigenvalue weighted by molar-refractivity contribution is 5.68. The average molecular weight is 335 g/mol. The first-order valence-corrected chi connectivity index (χ1v) is 7.84. The van der Waals surface area contributed by atoms with E-state index >= 15 is 0 Å². The molecule has 0 unspecified atom stereocenters. The van der Waals surface area contributed by atoms with Crippen molar-refractivity contribution in [2.24, 2.45) is 0 Å². The summed E-state index contributed by atoms with van der Waals surface area (Å²) in [7, 11) is 0. The van der Waals surface area contributed by atoms with Gasteiger partial charge in [-0.25, -0.2) is 8.78 Å². The van der Waals surface area contributed by atoms with Crippen LogP contribution in [0.25, 0.3) is 17.2 Å². The van der Waals surface area contributed by atoms with E-state index in [2.05, 4.69) is 6.72 Å². The molecule has 0 atom stereocenters. The predicted octanol–water partition coefficient (Wildman–Crippen LogP) is 5.16. The third-order valence-corrected chi connectivity index (χ3v) is 4.38. The standard InChI is InChI=1S/C21H15F2NO/c1-13-3-4-14(16-6-5-15(22)12-19(16)23)11-18(13)21-17-8-10-25-20(17)7-9-24(21)2/h3-12H,2H2,1H3. The van der Waals surface area contributed by atoms with Crippen molar-refractivity contribution >= 4 is 12.8 Å². The summed E-state index contributed by atoms with van der Waals surface area (Å²) in [6, 6.07) is 12.0. The molecule has 2 heterocycles. The zero-order chi connectivity index (χ0) is 17.6. The van der Waals surface area contributed by atoms with Crippen LogP contribution in [-0.4, -0.2) is 11.3 Å². The van der Waals surface area contributed by atoms with Crippen LogP contribution in [0.15, 0.2) is 59.3 Å². The molecule has 0 saturated heterocycles. The molecular formula is C21H15F2NO. The van der Waals surface area contributed by atoms with Crippen molar-refractivity contribution in [1.82, 2.24) is 0 Å². The fourth-order valence-electron chi connectivity index (χ4n) is 3.10. The first kappa shape index (κ1) is 15.4. The smallest absolute Gasteiger partial charge is 0.206 e. The molecule has 2 nitrogen and oxygen atoms in total. The van der Waals surface area contributed by atoms with E-state index < -0.39 is 11.6 Å². The van der Waals surface area contributed by atoms with Crippen LogP contribution in [0.5, 0.6) is 0 Å². The molecule has 0 saturated carbocycles. The molecule has 3 aromatic rings. The Kier molecular flexibility index (Phi) is 3.53. The van der Waals surface area contributed by atoms with Crippen molar-refractivity contribution in [3.8, 4) is 11.1 Å². The number of hydrogen-bond acceptors (Lipinski definition) is 0. The number of nitrogens with zero attached hydrogens (tertiary/aromatic N) is 1. The zero-order valence-electron chi connectivity index (χ0n) is 13.6. The van der Waals surface area contributed by atoms with Crippen LogP contribution >= 0.6 is 0 Å². The molecule has 124 valence electrons. The van der Waals surface area contributed by atoms with E-state index in [9.17, 15) is 8.78 Å². The van der Waals surface area contributed by atoms with Gasteiger partial charge in [0, 0.05) is 11.6 Å². The third-order valence-electron chi connectivity index (χ3n) is 4.38. The highest BCUT2D eigenvalue weighted by Crippen LogP contribution is 2.36. The Morgan fingerprint density at radius 2 is 1.92 bits per heavy atom. The van der Waals surface area contributed by atoms with Gasteiger partial charge in [-0.2, -0.15) is 0 Å². The van der Waals surface area contributed by atoms with Gasteiger partial charge in [-0.3, -0.25) is 0 Å². The van der Waals surface area contributed by atoms with Crippen molar-refractivity contribution in [2.75, 3.05) is 0 Å². The number of rotatable bonds is 2. The molecule has 1 aliphatic heterocycles. The first-order chi connectivity index (χ1) is 12.0. The molecule has 0 fully saturated rings. The quantitative estimate of drug-likeness (QED) is 0.358. The Hall–Kier alpha value is -3.14. The topological polar surface area (TPSA) is 14.3 Å². The van der Waals surface area contributed by atoms with E-state index in [1.807, 2.05) is 43.5 Å². The predicted molar refractivity (Wildman–Crippen MR) is 93.1 cm³/mol. The zero-order valence-corrected chi connectivity index (χ0v) is 13.6. The highest BCUT2D eigenvalue weighted by atomic mass is 19.1. The van der Waals surface area contributed by atoms with Gasteiger partial charge in [0.15, 0.2) is 0 Å². The van der Waals surface area contributed by atoms with Crippen molar-refractivity contribution in [3.63, 3.8) is 0 Å². The lowest BCUT2D eigenvalue weighted by Gasteiger charge is -2.25. The summed E-state index contributed by atoms with van der Waals surface area (Å²) < 4.78 is 34.6. The van der Waals surface area contributed by atoms with Gasteiger partial charge >= 0.3 is 0 Å². The van der Waals surface area contributed by atoms with Crippen LogP contribution < -0.4 is 0 Å². The Bertz CT molecular complexity index is 1020. The largest absolute Gasteiger partial charge is 0.372 e. The summed E-state index contributed by atoms with van der Waals surface area (Å²) in [5.41, 5.74) is 3.91. The van der Waals surface area contributed by atoms with Gasteiger partial charge in [0.05, 0.1) is 12.2 Å². The second-order valence-corrected chi connectivity index (χ2v) is 5.99. The van der Waals surface area contributed by atoms with Gasteiger partial charge in [0.25, 0.3) is 0 Å². The molecule has 25 heavy (non-hydrogen) atoms. The Morgan fingerprint density at radius 3 is 2.72 bits per heavy atom. The normalized spacial score (nSPS) is 13.2. The lowest BCUT2D eigenvalue weighted by molar-refractivity contribution is -0.418. The Labute approximate surface area is 144 Å². The summed E-state index contributed by atoms with van der Waals surface area (Å²) >= 11 is 0. The molecule has 0 spiro atoms. The van der Waals surface area contributed by atoms with Gasteiger partial charge in [0.1, 0.15) is 24.6 Å². The number of benzene rings is 2. The fourth-order valence-corrected chi connectivity index (χ4v) is 3.10. The van der Waals surface area contributed by atoms with Crippen LogP contribution in [0, 0.1) is 24.6 Å². The summed E-state index contributed by atoms with van der Waals surface area (Å²) in [5.74, 6) is -0.418. The molecule has 4 rings (SSSR count). The van der Waals surface area contributed by atoms with E-state index in [1.54, 1.807) is 10.8 Å².